The number of nitrogens with one attached hydrogen (secondary N) is 1. The normalized spacial score (nSPS) is 19.4. The molecule has 1 unspecified atom stereocenters. The number of piperidine rings is 1. The Bertz CT molecular complexity index is 770. The highest BCUT2D eigenvalue weighted by atomic mass is 32.1. The van der Waals surface area contributed by atoms with Crippen LogP contribution < -0.4 is 19.5 Å². The predicted molar refractivity (Wildman–Crippen MR) is 122 cm³/mol. The Morgan fingerprint density at radius 1 is 1.16 bits per heavy atom. The molecule has 0 saturated carbocycles. The van der Waals surface area contributed by atoms with Crippen LogP contribution in [0.15, 0.2) is 12.1 Å². The third-order valence-electron chi connectivity index (χ3n) is 6.03. The van der Waals surface area contributed by atoms with Gasteiger partial charge >= 0.3 is 6.09 Å². The number of benzene rings is 1. The van der Waals surface area contributed by atoms with E-state index < -0.39 is 0 Å². The maximum absolute atomic E-state index is 12.2. The van der Waals surface area contributed by atoms with Crippen LogP contribution in [0.25, 0.3) is 0 Å². The van der Waals surface area contributed by atoms with Crippen molar-refractivity contribution in [2.24, 2.45) is 5.92 Å². The second-order valence-corrected chi connectivity index (χ2v) is 8.59. The fourth-order valence-electron chi connectivity index (χ4n) is 4.25. The molecule has 1 N–H and O–H groups in total. The van der Waals surface area contributed by atoms with Gasteiger partial charge in [-0.25, -0.2) is 4.79 Å². The van der Waals surface area contributed by atoms with Crippen LogP contribution in [0.5, 0.6) is 17.2 Å². The van der Waals surface area contributed by atoms with E-state index in [1.54, 1.807) is 21.3 Å². The van der Waals surface area contributed by atoms with Crippen LogP contribution in [0, 0.1) is 5.92 Å². The van der Waals surface area contributed by atoms with Crippen molar-refractivity contribution >= 4 is 23.4 Å². The van der Waals surface area contributed by atoms with Crippen LogP contribution in [-0.2, 0) is 11.3 Å². The van der Waals surface area contributed by atoms with Gasteiger partial charge in [0.15, 0.2) is 16.6 Å². The van der Waals surface area contributed by atoms with Gasteiger partial charge in [-0.2, -0.15) is 0 Å². The number of carbonyl (C=O) groups excluding carboxylic acids is 1. The molecule has 8 nitrogen and oxygen atoms in total. The zero-order valence-electron chi connectivity index (χ0n) is 19.0. The van der Waals surface area contributed by atoms with Gasteiger partial charge in [-0.05, 0) is 48.7 Å². The third-order valence-corrected chi connectivity index (χ3v) is 6.43. The van der Waals surface area contributed by atoms with Gasteiger partial charge in [-0.1, -0.05) is 13.8 Å². The van der Waals surface area contributed by atoms with Gasteiger partial charge in [0.25, 0.3) is 0 Å². The average Bonchev–Trinajstić information content (AvgIpc) is 3.18. The van der Waals surface area contributed by atoms with Crippen molar-refractivity contribution in [1.29, 1.82) is 0 Å². The molecule has 3 rings (SSSR count). The number of hydrogen-bond donors (Lipinski definition) is 1. The molecule has 2 saturated heterocycles. The molecule has 1 aromatic carbocycles. The molecular weight excluding hydrogens is 418 g/mol. The molecule has 1 amide bonds. The number of nitrogens with zero attached hydrogens (tertiary/aromatic N) is 2. The maximum Gasteiger partial charge on any atom is 0.410 e. The van der Waals surface area contributed by atoms with Crippen LogP contribution in [0.2, 0.25) is 0 Å². The van der Waals surface area contributed by atoms with Crippen LogP contribution in [-0.4, -0.2) is 74.1 Å². The lowest BCUT2D eigenvalue weighted by molar-refractivity contribution is 0.114. The summed E-state index contributed by atoms with van der Waals surface area (Å²) < 4.78 is 21.5. The number of ether oxygens (including phenoxy) is 4. The molecule has 0 aliphatic carbocycles. The summed E-state index contributed by atoms with van der Waals surface area (Å²) in [5, 5.41) is 4.03. The fourth-order valence-corrected chi connectivity index (χ4v) is 4.51. The summed E-state index contributed by atoms with van der Waals surface area (Å²) in [6.45, 7) is 6.92. The first kappa shape index (κ1) is 23.2. The van der Waals surface area contributed by atoms with E-state index in [1.807, 2.05) is 17.0 Å². The maximum atomic E-state index is 12.2. The Morgan fingerprint density at radius 2 is 1.77 bits per heavy atom. The second-order valence-electron chi connectivity index (χ2n) is 8.21. The van der Waals surface area contributed by atoms with Gasteiger partial charge in [0.05, 0.1) is 27.4 Å². The number of likely N-dealkylation sites (tertiary alicyclic amines) is 1. The van der Waals surface area contributed by atoms with E-state index in [1.165, 1.54) is 0 Å². The van der Waals surface area contributed by atoms with Crippen molar-refractivity contribution in [1.82, 2.24) is 15.1 Å². The summed E-state index contributed by atoms with van der Waals surface area (Å²) in [6.07, 6.45) is 1.58. The number of methoxy groups -OCH3 is 3. The summed E-state index contributed by atoms with van der Waals surface area (Å²) in [6, 6.07) is 4.19. The van der Waals surface area contributed by atoms with Crippen LogP contribution >= 0.6 is 12.2 Å². The average molecular weight is 452 g/mol. The van der Waals surface area contributed by atoms with Crippen molar-refractivity contribution in [2.45, 2.75) is 45.3 Å². The molecule has 0 spiro atoms. The van der Waals surface area contributed by atoms with E-state index in [2.05, 4.69) is 24.1 Å². The number of rotatable bonds is 7. The molecule has 0 bridgehead atoms. The Balaban J connectivity index is 1.55. The highest BCUT2D eigenvalue weighted by Gasteiger charge is 2.40. The molecule has 9 heteroatoms. The molecule has 0 radical (unpaired) electrons. The number of carbonyl (C=O) groups is 1. The first-order chi connectivity index (χ1) is 14.9. The zero-order chi connectivity index (χ0) is 22.5. The van der Waals surface area contributed by atoms with E-state index in [9.17, 15) is 4.79 Å². The topological polar surface area (TPSA) is 72.5 Å². The van der Waals surface area contributed by atoms with Crippen molar-refractivity contribution in [2.75, 3.05) is 41.0 Å². The van der Waals surface area contributed by atoms with Gasteiger partial charge in [-0.15, -0.1) is 0 Å². The Hall–Kier alpha value is -2.42. The van der Waals surface area contributed by atoms with Crippen LogP contribution in [0.4, 0.5) is 4.79 Å². The molecule has 2 aliphatic heterocycles. The van der Waals surface area contributed by atoms with E-state index in [-0.39, 0.29) is 18.2 Å². The number of hydrogen-bond acceptors (Lipinski definition) is 6. The summed E-state index contributed by atoms with van der Waals surface area (Å²) in [5.74, 6) is 2.18. The van der Waals surface area contributed by atoms with Gasteiger partial charge in [0.1, 0.15) is 6.61 Å². The smallest absolute Gasteiger partial charge is 0.410 e. The van der Waals surface area contributed by atoms with Crippen LogP contribution in [0.3, 0.4) is 0 Å². The minimum Gasteiger partial charge on any atom is -0.493 e. The molecule has 2 fully saturated rings. The van der Waals surface area contributed by atoms with E-state index >= 15 is 0 Å². The fraction of sp³-hybridized carbons (Fsp3) is 0.636. The van der Waals surface area contributed by atoms with E-state index in [0.29, 0.717) is 41.4 Å². The SMILES string of the molecule is COc1cc(CNC(=S)N2CCC(N3C(=O)OCC3C(C)C)CC2)cc(OC)c1OC. The third kappa shape index (κ3) is 5.08. The minimum absolute atomic E-state index is 0.161. The van der Waals surface area contributed by atoms with Gasteiger partial charge in [0, 0.05) is 25.7 Å². The van der Waals surface area contributed by atoms with Crippen molar-refractivity contribution in [3.63, 3.8) is 0 Å². The van der Waals surface area contributed by atoms with Crippen molar-refractivity contribution < 1.29 is 23.7 Å². The highest BCUT2D eigenvalue weighted by molar-refractivity contribution is 7.80. The van der Waals surface area contributed by atoms with Gasteiger partial charge < -0.3 is 29.2 Å². The Morgan fingerprint density at radius 3 is 2.29 bits per heavy atom. The minimum atomic E-state index is -0.180. The number of amides is 1. The van der Waals surface area contributed by atoms with E-state index in [4.69, 9.17) is 31.2 Å². The molecule has 2 heterocycles. The monoisotopic (exact) mass is 451 g/mol. The summed E-state index contributed by atoms with van der Waals surface area (Å²) in [7, 11) is 4.79. The molecule has 1 aromatic rings. The van der Waals surface area contributed by atoms with Crippen molar-refractivity contribution in [3.05, 3.63) is 17.7 Å². The number of thiocarbonyl (C=S) groups is 1. The van der Waals surface area contributed by atoms with Gasteiger partial charge in [-0.3, -0.25) is 4.90 Å². The Labute approximate surface area is 189 Å². The summed E-state index contributed by atoms with van der Waals surface area (Å²) >= 11 is 5.63. The zero-order valence-corrected chi connectivity index (χ0v) is 19.8. The molecule has 31 heavy (non-hydrogen) atoms. The quantitative estimate of drug-likeness (QED) is 0.635. The van der Waals surface area contributed by atoms with Gasteiger partial charge in [0.2, 0.25) is 5.75 Å². The molecule has 172 valence electrons. The lowest BCUT2D eigenvalue weighted by atomic mass is 9.98. The Kier molecular flexibility index (Phi) is 7.69. The molecule has 2 aliphatic rings. The highest BCUT2D eigenvalue weighted by Crippen LogP contribution is 2.38. The lowest BCUT2D eigenvalue weighted by Gasteiger charge is -2.39. The van der Waals surface area contributed by atoms with E-state index in [0.717, 1.165) is 31.5 Å². The van der Waals surface area contributed by atoms with Crippen LogP contribution in [0.1, 0.15) is 32.3 Å². The molecular formula is C22H33N3O5S. The summed E-state index contributed by atoms with van der Waals surface area (Å²) in [4.78, 5) is 16.4. The second kappa shape index (κ2) is 10.3. The predicted octanol–water partition coefficient (Wildman–Crippen LogP) is 3.03. The molecule has 1 atom stereocenters. The first-order valence-electron chi connectivity index (χ1n) is 10.7. The summed E-state index contributed by atoms with van der Waals surface area (Å²) in [5.41, 5.74) is 0.978. The largest absolute Gasteiger partial charge is 0.493 e. The lowest BCUT2D eigenvalue weighted by Crippen LogP contribution is -2.52. The molecule has 0 aromatic heterocycles. The number of cyclic esters (lactones) is 1. The standard InChI is InChI=1S/C22H33N3O5S/c1-14(2)17-13-30-22(26)25(17)16-6-8-24(9-7-16)21(31)23-12-15-10-18(27-3)20(29-5)19(11-15)28-4/h10-11,14,16-17H,6-9,12-13H2,1-5H3,(H,23,31). The first-order valence-corrected chi connectivity index (χ1v) is 11.1. The van der Waals surface area contributed by atoms with Crippen molar-refractivity contribution in [3.8, 4) is 17.2 Å².